The Hall–Kier alpha value is -2.44. The number of hydrogen-bond donors (Lipinski definition) is 2. The zero-order chi connectivity index (χ0) is 19.6. The van der Waals surface area contributed by atoms with E-state index in [1.165, 1.54) is 12.1 Å². The van der Waals surface area contributed by atoms with Crippen LogP contribution in [0.4, 0.5) is 4.39 Å². The summed E-state index contributed by atoms with van der Waals surface area (Å²) in [6, 6.07) is 13.2. The average molecular weight is 392 g/mol. The molecule has 0 saturated carbocycles. The fraction of sp³-hybridized carbons (Fsp3) is 0.300. The molecule has 5 nitrogen and oxygen atoms in total. The predicted molar refractivity (Wildman–Crippen MR) is 104 cm³/mol. The van der Waals surface area contributed by atoms with E-state index in [-0.39, 0.29) is 30.7 Å². The summed E-state index contributed by atoms with van der Waals surface area (Å²) in [6.45, 7) is 3.43. The molecule has 2 aromatic carbocycles. The Morgan fingerprint density at radius 2 is 1.33 bits per heavy atom. The Morgan fingerprint density at radius 3 is 1.78 bits per heavy atom. The Kier molecular flexibility index (Phi) is 8.23. The molecule has 0 atom stereocenters. The number of nitrogens with one attached hydrogen (secondary N) is 2. The third kappa shape index (κ3) is 7.76. The number of carbonyl (C=O) groups excluding carboxylic acids is 2. The van der Waals surface area contributed by atoms with Crippen molar-refractivity contribution < 1.29 is 14.0 Å². The van der Waals surface area contributed by atoms with Crippen molar-refractivity contribution in [3.8, 4) is 0 Å². The van der Waals surface area contributed by atoms with Gasteiger partial charge in [0.25, 0.3) is 0 Å². The maximum absolute atomic E-state index is 12.9. The lowest BCUT2D eigenvalue weighted by molar-refractivity contribution is -0.125. The molecule has 0 aliphatic heterocycles. The van der Waals surface area contributed by atoms with Gasteiger partial charge in [0.2, 0.25) is 11.8 Å². The molecule has 0 unspecified atom stereocenters. The summed E-state index contributed by atoms with van der Waals surface area (Å²) in [4.78, 5) is 25.9. The van der Waals surface area contributed by atoms with Crippen LogP contribution in [0.1, 0.15) is 18.1 Å². The van der Waals surface area contributed by atoms with Crippen LogP contribution in [0.5, 0.6) is 0 Å². The molecule has 2 rings (SSSR count). The van der Waals surface area contributed by atoms with Gasteiger partial charge in [-0.05, 0) is 41.9 Å². The van der Waals surface area contributed by atoms with Gasteiger partial charge in [0.1, 0.15) is 5.82 Å². The monoisotopic (exact) mass is 391 g/mol. The minimum atomic E-state index is -0.313. The van der Waals surface area contributed by atoms with E-state index in [0.29, 0.717) is 24.7 Å². The van der Waals surface area contributed by atoms with Crippen molar-refractivity contribution in [2.24, 2.45) is 0 Å². The molecular weight excluding hydrogens is 369 g/mol. The van der Waals surface area contributed by atoms with Crippen molar-refractivity contribution in [2.45, 2.75) is 20.0 Å². The quantitative estimate of drug-likeness (QED) is 0.691. The van der Waals surface area contributed by atoms with Gasteiger partial charge in [-0.1, -0.05) is 42.8 Å². The number of amides is 2. The molecule has 0 fully saturated rings. The second-order valence-corrected chi connectivity index (χ2v) is 6.55. The molecule has 0 spiro atoms. The molecule has 0 aliphatic rings. The SMILES string of the molecule is CCN(CC(=O)NCc1ccc(F)cc1)CC(=O)NCc1ccc(Cl)cc1. The lowest BCUT2D eigenvalue weighted by atomic mass is 10.2. The highest BCUT2D eigenvalue weighted by molar-refractivity contribution is 6.30. The smallest absolute Gasteiger partial charge is 0.234 e. The van der Waals surface area contributed by atoms with Gasteiger partial charge in [-0.2, -0.15) is 0 Å². The van der Waals surface area contributed by atoms with Gasteiger partial charge in [0, 0.05) is 18.1 Å². The summed E-state index contributed by atoms with van der Waals surface area (Å²) in [7, 11) is 0. The van der Waals surface area contributed by atoms with E-state index in [1.54, 1.807) is 29.2 Å². The highest BCUT2D eigenvalue weighted by atomic mass is 35.5. The first-order chi connectivity index (χ1) is 13.0. The molecular formula is C20H23ClFN3O2. The van der Waals surface area contributed by atoms with Crippen LogP contribution < -0.4 is 10.6 Å². The van der Waals surface area contributed by atoms with Gasteiger partial charge in [0.05, 0.1) is 13.1 Å². The van der Waals surface area contributed by atoms with Crippen LogP contribution >= 0.6 is 11.6 Å². The standard InChI is InChI=1S/C20H23ClFN3O2/c1-2-25(13-19(26)23-11-15-3-7-17(21)8-4-15)14-20(27)24-12-16-5-9-18(22)10-6-16/h3-10H,2,11-14H2,1H3,(H,23,26)(H,24,27). The van der Waals surface area contributed by atoms with Crippen molar-refractivity contribution in [1.82, 2.24) is 15.5 Å². The van der Waals surface area contributed by atoms with Gasteiger partial charge in [0.15, 0.2) is 0 Å². The Bertz CT molecular complexity index is 687. The Balaban J connectivity index is 1.72. The molecule has 144 valence electrons. The summed E-state index contributed by atoms with van der Waals surface area (Å²) in [5.41, 5.74) is 1.77. The van der Waals surface area contributed by atoms with Crippen LogP contribution in [0.2, 0.25) is 5.02 Å². The fourth-order valence-corrected chi connectivity index (χ4v) is 2.53. The normalized spacial score (nSPS) is 10.7. The first-order valence-corrected chi connectivity index (χ1v) is 9.08. The lowest BCUT2D eigenvalue weighted by Crippen LogP contribution is -2.42. The largest absolute Gasteiger partial charge is 0.351 e. The number of likely N-dealkylation sites (N-methyl/N-ethyl adjacent to an activating group) is 1. The van der Waals surface area contributed by atoms with Crippen LogP contribution in [-0.2, 0) is 22.7 Å². The molecule has 0 saturated heterocycles. The number of hydrogen-bond acceptors (Lipinski definition) is 3. The molecule has 27 heavy (non-hydrogen) atoms. The average Bonchev–Trinajstić information content (AvgIpc) is 2.66. The molecule has 2 amide bonds. The minimum Gasteiger partial charge on any atom is -0.351 e. The molecule has 0 radical (unpaired) electrons. The van der Waals surface area contributed by atoms with Gasteiger partial charge >= 0.3 is 0 Å². The second kappa shape index (κ2) is 10.6. The van der Waals surface area contributed by atoms with E-state index in [1.807, 2.05) is 19.1 Å². The van der Waals surface area contributed by atoms with E-state index in [4.69, 9.17) is 11.6 Å². The second-order valence-electron chi connectivity index (χ2n) is 6.11. The number of nitrogens with zero attached hydrogens (tertiary/aromatic N) is 1. The van der Waals surface area contributed by atoms with Crippen molar-refractivity contribution in [3.63, 3.8) is 0 Å². The van der Waals surface area contributed by atoms with E-state index in [2.05, 4.69) is 10.6 Å². The maximum atomic E-state index is 12.9. The highest BCUT2D eigenvalue weighted by Crippen LogP contribution is 2.09. The van der Waals surface area contributed by atoms with E-state index in [0.717, 1.165) is 11.1 Å². The van der Waals surface area contributed by atoms with Crippen molar-refractivity contribution in [3.05, 3.63) is 70.5 Å². The first kappa shape index (κ1) is 20.9. The van der Waals surface area contributed by atoms with Crippen LogP contribution in [0.3, 0.4) is 0 Å². The van der Waals surface area contributed by atoms with Crippen LogP contribution in [-0.4, -0.2) is 36.3 Å². The van der Waals surface area contributed by atoms with Crippen molar-refractivity contribution >= 4 is 23.4 Å². The molecule has 7 heteroatoms. The zero-order valence-corrected chi connectivity index (χ0v) is 15.9. The van der Waals surface area contributed by atoms with Crippen molar-refractivity contribution in [1.29, 1.82) is 0 Å². The lowest BCUT2D eigenvalue weighted by Gasteiger charge is -2.19. The van der Waals surface area contributed by atoms with Crippen LogP contribution in [0, 0.1) is 5.82 Å². The van der Waals surface area contributed by atoms with Gasteiger partial charge < -0.3 is 10.6 Å². The topological polar surface area (TPSA) is 61.4 Å². The summed E-state index contributed by atoms with van der Waals surface area (Å²) in [5, 5.41) is 6.25. The van der Waals surface area contributed by atoms with E-state index < -0.39 is 0 Å². The molecule has 0 heterocycles. The third-order valence-corrected chi connectivity index (χ3v) is 4.24. The predicted octanol–water partition coefficient (Wildman–Crippen LogP) is 2.73. The number of carbonyl (C=O) groups is 2. The fourth-order valence-electron chi connectivity index (χ4n) is 2.40. The summed E-state index contributed by atoms with van der Waals surface area (Å²) < 4.78 is 12.9. The Morgan fingerprint density at radius 1 is 0.889 bits per heavy atom. The summed E-state index contributed by atoms with van der Waals surface area (Å²) >= 11 is 5.83. The molecule has 0 bridgehead atoms. The maximum Gasteiger partial charge on any atom is 0.234 e. The minimum absolute atomic E-state index is 0.117. The zero-order valence-electron chi connectivity index (χ0n) is 15.2. The Labute approximate surface area is 163 Å². The number of halogens is 2. The molecule has 2 N–H and O–H groups in total. The van der Waals surface area contributed by atoms with Crippen LogP contribution in [0.15, 0.2) is 48.5 Å². The highest BCUT2D eigenvalue weighted by Gasteiger charge is 2.13. The molecule has 0 aromatic heterocycles. The van der Waals surface area contributed by atoms with E-state index in [9.17, 15) is 14.0 Å². The van der Waals surface area contributed by atoms with Gasteiger partial charge in [-0.15, -0.1) is 0 Å². The summed E-state index contributed by atoms with van der Waals surface area (Å²) in [5.74, 6) is -0.656. The third-order valence-electron chi connectivity index (χ3n) is 3.99. The number of benzene rings is 2. The van der Waals surface area contributed by atoms with Gasteiger partial charge in [-0.25, -0.2) is 4.39 Å². The number of rotatable bonds is 9. The van der Waals surface area contributed by atoms with E-state index >= 15 is 0 Å². The van der Waals surface area contributed by atoms with Crippen LogP contribution in [0.25, 0.3) is 0 Å². The summed E-state index contributed by atoms with van der Waals surface area (Å²) in [6.07, 6.45) is 0. The molecule has 0 aliphatic carbocycles. The van der Waals surface area contributed by atoms with Crippen molar-refractivity contribution in [2.75, 3.05) is 19.6 Å². The van der Waals surface area contributed by atoms with Gasteiger partial charge in [-0.3, -0.25) is 14.5 Å². The molecule has 2 aromatic rings. The first-order valence-electron chi connectivity index (χ1n) is 8.71.